The van der Waals surface area contributed by atoms with E-state index in [1.54, 1.807) is 0 Å². The van der Waals surface area contributed by atoms with Crippen LogP contribution in [0.1, 0.15) is 30.6 Å². The summed E-state index contributed by atoms with van der Waals surface area (Å²) in [5.74, 6) is 2.17. The molecule has 0 spiro atoms. The zero-order valence-corrected chi connectivity index (χ0v) is 10.8. The Labute approximate surface area is 112 Å². The van der Waals surface area contributed by atoms with E-state index in [0.29, 0.717) is 18.1 Å². The van der Waals surface area contributed by atoms with Crippen molar-refractivity contribution in [3.8, 4) is 17.2 Å². The molecule has 2 aromatic carbocycles. The minimum absolute atomic E-state index is 0.662. The lowest BCUT2D eigenvalue weighted by Crippen LogP contribution is -2.09. The van der Waals surface area contributed by atoms with E-state index in [0.717, 1.165) is 23.3 Å². The molecule has 1 unspecified atom stereocenters. The molecule has 0 fully saturated rings. The van der Waals surface area contributed by atoms with Gasteiger partial charge in [-0.1, -0.05) is 25.1 Å². The van der Waals surface area contributed by atoms with Gasteiger partial charge in [0, 0.05) is 11.1 Å². The summed E-state index contributed by atoms with van der Waals surface area (Å²) in [5, 5.41) is 10.4. The van der Waals surface area contributed by atoms with Crippen molar-refractivity contribution in [3.63, 3.8) is 0 Å². The maximum atomic E-state index is 10.4. The van der Waals surface area contributed by atoms with Crippen molar-refractivity contribution in [1.29, 1.82) is 0 Å². The van der Waals surface area contributed by atoms with Gasteiger partial charge in [0.25, 0.3) is 0 Å². The molecule has 0 saturated heterocycles. The molecule has 0 aliphatic carbocycles. The normalized spacial score (nSPS) is 16.2. The smallest absolute Gasteiger partial charge is 0.133 e. The Morgan fingerprint density at radius 1 is 1.11 bits per heavy atom. The van der Waals surface area contributed by atoms with Crippen molar-refractivity contribution in [2.75, 3.05) is 6.61 Å². The number of fused-ring (bicyclic) bond motifs is 2. The summed E-state index contributed by atoms with van der Waals surface area (Å²) in [6.45, 7) is 2.74. The molecule has 3 nitrogen and oxygen atoms in total. The first kappa shape index (κ1) is 12.1. The molecule has 1 N–H and O–H groups in total. The van der Waals surface area contributed by atoms with E-state index in [-0.39, 0.29) is 0 Å². The molecule has 0 bridgehead atoms. The highest BCUT2D eigenvalue weighted by atomic mass is 16.5. The van der Waals surface area contributed by atoms with Gasteiger partial charge in [-0.05, 0) is 30.7 Å². The first-order valence-electron chi connectivity index (χ1n) is 6.51. The van der Waals surface area contributed by atoms with Crippen molar-refractivity contribution in [3.05, 3.63) is 53.6 Å². The lowest BCUT2D eigenvalue weighted by atomic mass is 9.97. The van der Waals surface area contributed by atoms with Gasteiger partial charge in [-0.15, -0.1) is 0 Å². The molecular weight excluding hydrogens is 240 g/mol. The molecule has 0 radical (unpaired) electrons. The van der Waals surface area contributed by atoms with Gasteiger partial charge in [0.05, 0.1) is 6.61 Å². The second kappa shape index (κ2) is 4.94. The predicted molar refractivity (Wildman–Crippen MR) is 72.8 cm³/mol. The van der Waals surface area contributed by atoms with E-state index in [4.69, 9.17) is 9.47 Å². The molecule has 98 valence electrons. The van der Waals surface area contributed by atoms with Crippen LogP contribution in [-0.4, -0.2) is 11.7 Å². The van der Waals surface area contributed by atoms with E-state index < -0.39 is 6.10 Å². The van der Waals surface area contributed by atoms with Crippen molar-refractivity contribution in [2.24, 2.45) is 0 Å². The van der Waals surface area contributed by atoms with Crippen LogP contribution in [0.15, 0.2) is 42.5 Å². The van der Waals surface area contributed by atoms with Crippen LogP contribution in [0.4, 0.5) is 0 Å². The number of benzene rings is 2. The minimum Gasteiger partial charge on any atom is -0.494 e. The summed E-state index contributed by atoms with van der Waals surface area (Å²) in [7, 11) is 0. The number of hydrogen-bond acceptors (Lipinski definition) is 3. The van der Waals surface area contributed by atoms with E-state index in [9.17, 15) is 5.11 Å². The highest BCUT2D eigenvalue weighted by molar-refractivity contribution is 5.53. The number of para-hydroxylation sites is 1. The highest BCUT2D eigenvalue weighted by Crippen LogP contribution is 2.43. The molecule has 3 rings (SSSR count). The van der Waals surface area contributed by atoms with Crippen LogP contribution >= 0.6 is 0 Å². The third-order valence-electron chi connectivity index (χ3n) is 3.18. The Kier molecular flexibility index (Phi) is 3.13. The van der Waals surface area contributed by atoms with Gasteiger partial charge in [0.2, 0.25) is 0 Å². The summed E-state index contributed by atoms with van der Waals surface area (Å²) in [6, 6.07) is 13.1. The molecule has 0 saturated carbocycles. The number of aliphatic hydroxyl groups excluding tert-OH is 1. The highest BCUT2D eigenvalue weighted by Gasteiger charge is 2.25. The number of ether oxygens (including phenoxy) is 2. The molecule has 1 aliphatic heterocycles. The first-order valence-corrected chi connectivity index (χ1v) is 6.51. The van der Waals surface area contributed by atoms with Crippen LogP contribution in [0.25, 0.3) is 0 Å². The Morgan fingerprint density at radius 2 is 1.89 bits per heavy atom. The standard InChI is InChI=1S/C16H16O3/c1-2-9-18-11-7-8-15-13(10-11)16(17)12-5-3-4-6-14(12)19-15/h3-8,10,16-17H,2,9H2,1H3. The summed E-state index contributed by atoms with van der Waals surface area (Å²) in [4.78, 5) is 0. The van der Waals surface area contributed by atoms with Crippen LogP contribution in [-0.2, 0) is 0 Å². The van der Waals surface area contributed by atoms with E-state index in [2.05, 4.69) is 6.92 Å². The second-order valence-corrected chi connectivity index (χ2v) is 4.59. The zero-order valence-electron chi connectivity index (χ0n) is 10.8. The lowest BCUT2D eigenvalue weighted by molar-refractivity contribution is 0.202. The molecule has 1 atom stereocenters. The summed E-state index contributed by atoms with van der Waals surface area (Å²) in [5.41, 5.74) is 1.55. The zero-order chi connectivity index (χ0) is 13.2. The summed E-state index contributed by atoms with van der Waals surface area (Å²) < 4.78 is 11.4. The van der Waals surface area contributed by atoms with Crippen LogP contribution in [0.3, 0.4) is 0 Å². The van der Waals surface area contributed by atoms with Gasteiger partial charge in [0.15, 0.2) is 0 Å². The Bertz CT molecular complexity index is 592. The molecule has 0 amide bonds. The number of aliphatic hydroxyl groups is 1. The maximum Gasteiger partial charge on any atom is 0.133 e. The first-order chi connectivity index (χ1) is 9.29. The van der Waals surface area contributed by atoms with Crippen molar-refractivity contribution in [2.45, 2.75) is 19.4 Å². The molecule has 1 heterocycles. The van der Waals surface area contributed by atoms with Crippen LogP contribution in [0.2, 0.25) is 0 Å². The topological polar surface area (TPSA) is 38.7 Å². The van der Waals surface area contributed by atoms with Gasteiger partial charge in [0.1, 0.15) is 23.4 Å². The fourth-order valence-electron chi connectivity index (χ4n) is 2.23. The molecular formula is C16H16O3. The van der Waals surface area contributed by atoms with Gasteiger partial charge in [-0.25, -0.2) is 0 Å². The van der Waals surface area contributed by atoms with Gasteiger partial charge >= 0.3 is 0 Å². The Balaban J connectivity index is 1.97. The maximum absolute atomic E-state index is 10.4. The average Bonchev–Trinajstić information content (AvgIpc) is 2.46. The SMILES string of the molecule is CCCOc1ccc2c(c1)C(O)c1ccccc1O2. The van der Waals surface area contributed by atoms with Crippen LogP contribution < -0.4 is 9.47 Å². The van der Waals surface area contributed by atoms with Crippen molar-refractivity contribution < 1.29 is 14.6 Å². The van der Waals surface area contributed by atoms with Crippen LogP contribution in [0.5, 0.6) is 17.2 Å². The number of rotatable bonds is 3. The third kappa shape index (κ3) is 2.17. The van der Waals surface area contributed by atoms with Gasteiger partial charge < -0.3 is 14.6 Å². The molecule has 19 heavy (non-hydrogen) atoms. The fourth-order valence-corrected chi connectivity index (χ4v) is 2.23. The summed E-state index contributed by atoms with van der Waals surface area (Å²) >= 11 is 0. The number of hydrogen-bond donors (Lipinski definition) is 1. The molecule has 2 aromatic rings. The van der Waals surface area contributed by atoms with E-state index >= 15 is 0 Å². The average molecular weight is 256 g/mol. The molecule has 3 heteroatoms. The second-order valence-electron chi connectivity index (χ2n) is 4.59. The van der Waals surface area contributed by atoms with Crippen LogP contribution in [0, 0.1) is 0 Å². The Hall–Kier alpha value is -2.00. The van der Waals surface area contributed by atoms with E-state index in [1.165, 1.54) is 0 Å². The largest absolute Gasteiger partial charge is 0.494 e. The third-order valence-corrected chi connectivity index (χ3v) is 3.18. The Morgan fingerprint density at radius 3 is 2.74 bits per heavy atom. The molecule has 0 aromatic heterocycles. The minimum atomic E-state index is -0.662. The van der Waals surface area contributed by atoms with Crippen molar-refractivity contribution >= 4 is 0 Å². The van der Waals surface area contributed by atoms with E-state index in [1.807, 2.05) is 42.5 Å². The molecule has 1 aliphatic rings. The quantitative estimate of drug-likeness (QED) is 0.910. The fraction of sp³-hybridized carbons (Fsp3) is 0.250. The van der Waals surface area contributed by atoms with Gasteiger partial charge in [-0.3, -0.25) is 0 Å². The summed E-state index contributed by atoms with van der Waals surface area (Å²) in [6.07, 6.45) is 0.295. The van der Waals surface area contributed by atoms with Crippen molar-refractivity contribution in [1.82, 2.24) is 0 Å². The predicted octanol–water partition coefficient (Wildman–Crippen LogP) is 3.66. The van der Waals surface area contributed by atoms with Gasteiger partial charge in [-0.2, -0.15) is 0 Å². The lowest BCUT2D eigenvalue weighted by Gasteiger charge is -2.25. The monoisotopic (exact) mass is 256 g/mol.